The van der Waals surface area contributed by atoms with Crippen molar-refractivity contribution in [1.82, 2.24) is 9.96 Å². The third-order valence-electron chi connectivity index (χ3n) is 4.74. The van der Waals surface area contributed by atoms with E-state index in [0.717, 1.165) is 4.90 Å². The Labute approximate surface area is 156 Å². The van der Waals surface area contributed by atoms with Gasteiger partial charge in [0.2, 0.25) is 0 Å². The van der Waals surface area contributed by atoms with Gasteiger partial charge in [0.25, 0.3) is 17.7 Å². The Morgan fingerprint density at radius 3 is 2.19 bits per heavy atom. The molecule has 2 aliphatic heterocycles. The quantitative estimate of drug-likeness (QED) is 0.491. The van der Waals surface area contributed by atoms with E-state index in [-0.39, 0.29) is 29.3 Å². The maximum Gasteiger partial charge on any atom is 0.336 e. The smallest absolute Gasteiger partial charge is 0.329 e. The molecule has 0 spiro atoms. The molecule has 3 aliphatic rings. The Morgan fingerprint density at radius 2 is 1.67 bits per heavy atom. The summed E-state index contributed by atoms with van der Waals surface area (Å²) in [5, 5.41) is 0.186. The van der Waals surface area contributed by atoms with Gasteiger partial charge < -0.3 is 9.39 Å². The Morgan fingerprint density at radius 1 is 1.07 bits per heavy atom. The molecule has 0 bridgehead atoms. The minimum Gasteiger partial charge on any atom is -0.329 e. The minimum absolute atomic E-state index is 0.0574. The van der Waals surface area contributed by atoms with Gasteiger partial charge in [0.05, 0.1) is 5.92 Å². The molecule has 0 aromatic heterocycles. The Balaban J connectivity index is 1.50. The number of amides is 4. The summed E-state index contributed by atoms with van der Waals surface area (Å²) in [6.07, 6.45) is 5.06. The first-order valence-electron chi connectivity index (χ1n) is 8.24. The first-order chi connectivity index (χ1) is 12.8. The molecule has 3 rings (SSSR count). The van der Waals surface area contributed by atoms with Gasteiger partial charge in [-0.05, 0) is 31.6 Å². The van der Waals surface area contributed by atoms with Gasteiger partial charge in [-0.3, -0.25) is 24.1 Å². The molecule has 0 saturated heterocycles. The van der Waals surface area contributed by atoms with Gasteiger partial charge in [-0.15, -0.1) is 0 Å². The molecule has 1 aliphatic carbocycles. The van der Waals surface area contributed by atoms with Gasteiger partial charge in [0, 0.05) is 24.8 Å². The van der Waals surface area contributed by atoms with Crippen LogP contribution < -0.4 is 0 Å². The van der Waals surface area contributed by atoms with Crippen molar-refractivity contribution in [3.8, 4) is 0 Å². The van der Waals surface area contributed by atoms with Crippen LogP contribution in [0.2, 0.25) is 0 Å². The van der Waals surface area contributed by atoms with Crippen LogP contribution in [0.25, 0.3) is 0 Å². The van der Waals surface area contributed by atoms with Crippen molar-refractivity contribution < 1.29 is 37.6 Å². The Bertz CT molecular complexity index is 791. The maximum absolute atomic E-state index is 12.2. The molecule has 1 saturated carbocycles. The van der Waals surface area contributed by atoms with Crippen molar-refractivity contribution in [1.29, 1.82) is 0 Å². The van der Waals surface area contributed by atoms with E-state index in [1.54, 1.807) is 0 Å². The molecule has 2 heterocycles. The van der Waals surface area contributed by atoms with E-state index >= 15 is 0 Å². The number of hydrogen-bond donors (Lipinski definition) is 1. The maximum atomic E-state index is 12.2. The molecular weight excluding hydrogens is 380 g/mol. The van der Waals surface area contributed by atoms with E-state index in [0.29, 0.717) is 31.8 Å². The SMILES string of the molecule is O=C(ON1C(=O)C=C(S(=O)O)C1=O)C1CCC(CN2C(=O)C=CC2=O)CC1. The molecule has 0 aromatic carbocycles. The van der Waals surface area contributed by atoms with E-state index in [1.165, 1.54) is 12.2 Å². The van der Waals surface area contributed by atoms with Gasteiger partial charge in [0.15, 0.2) is 11.1 Å². The van der Waals surface area contributed by atoms with Crippen LogP contribution in [0.4, 0.5) is 0 Å². The standard InChI is InChI=1S/C16H16N2O8S/c19-12-5-6-13(20)17(12)8-9-1-3-10(4-2-9)16(23)26-18-14(21)7-11(15(18)22)27(24)25/h5-7,9-10H,1-4,8H2,(H,24,25). The minimum atomic E-state index is -2.65. The van der Waals surface area contributed by atoms with Crippen LogP contribution in [0.1, 0.15) is 25.7 Å². The molecule has 1 atom stereocenters. The predicted molar refractivity (Wildman–Crippen MR) is 88.1 cm³/mol. The van der Waals surface area contributed by atoms with Crippen LogP contribution in [0.3, 0.4) is 0 Å². The van der Waals surface area contributed by atoms with Crippen molar-refractivity contribution in [3.63, 3.8) is 0 Å². The van der Waals surface area contributed by atoms with Crippen LogP contribution in [-0.4, -0.2) is 54.9 Å². The molecule has 10 nitrogen and oxygen atoms in total. The van der Waals surface area contributed by atoms with Crippen LogP contribution in [0.5, 0.6) is 0 Å². The number of hydrogen-bond acceptors (Lipinski definition) is 7. The predicted octanol–water partition coefficient (Wildman–Crippen LogP) is -0.350. The average molecular weight is 396 g/mol. The zero-order valence-corrected chi connectivity index (χ0v) is 14.8. The summed E-state index contributed by atoms with van der Waals surface area (Å²) < 4.78 is 19.9. The molecule has 1 fully saturated rings. The number of carbonyl (C=O) groups excluding carboxylic acids is 5. The van der Waals surface area contributed by atoms with Crippen molar-refractivity contribution in [2.75, 3.05) is 6.54 Å². The lowest BCUT2D eigenvalue weighted by Crippen LogP contribution is -2.39. The summed E-state index contributed by atoms with van der Waals surface area (Å²) in [5.74, 6) is -4.09. The van der Waals surface area contributed by atoms with Gasteiger partial charge in [0.1, 0.15) is 4.91 Å². The van der Waals surface area contributed by atoms with Crippen LogP contribution in [-0.2, 0) is 39.9 Å². The highest BCUT2D eigenvalue weighted by Crippen LogP contribution is 2.31. The molecule has 4 amide bonds. The first-order valence-corrected chi connectivity index (χ1v) is 9.35. The molecule has 0 radical (unpaired) electrons. The van der Waals surface area contributed by atoms with Crippen LogP contribution >= 0.6 is 0 Å². The Kier molecular flexibility index (Phi) is 5.33. The van der Waals surface area contributed by atoms with Crippen LogP contribution in [0.15, 0.2) is 23.1 Å². The first kappa shape index (κ1) is 19.1. The molecule has 11 heteroatoms. The van der Waals surface area contributed by atoms with Crippen molar-refractivity contribution in [3.05, 3.63) is 23.1 Å². The molecule has 1 N–H and O–H groups in total. The second-order valence-electron chi connectivity index (χ2n) is 6.44. The van der Waals surface area contributed by atoms with E-state index in [2.05, 4.69) is 0 Å². The highest BCUT2D eigenvalue weighted by atomic mass is 32.2. The number of imide groups is 2. The Hall–Kier alpha value is -2.66. The lowest BCUT2D eigenvalue weighted by molar-refractivity contribution is -0.200. The summed E-state index contributed by atoms with van der Waals surface area (Å²) in [7, 11) is 0. The fourth-order valence-electron chi connectivity index (χ4n) is 3.26. The molecule has 144 valence electrons. The number of rotatable bonds is 5. The average Bonchev–Trinajstić information content (AvgIpc) is 3.10. The van der Waals surface area contributed by atoms with E-state index in [4.69, 9.17) is 9.39 Å². The summed E-state index contributed by atoms with van der Waals surface area (Å²) in [5.41, 5.74) is 0. The zero-order valence-electron chi connectivity index (χ0n) is 14.0. The molecule has 1 unspecified atom stereocenters. The summed E-state index contributed by atoms with van der Waals surface area (Å²) >= 11 is -2.65. The van der Waals surface area contributed by atoms with E-state index in [9.17, 15) is 28.2 Å². The van der Waals surface area contributed by atoms with Crippen molar-refractivity contribution in [2.45, 2.75) is 25.7 Å². The monoisotopic (exact) mass is 396 g/mol. The van der Waals surface area contributed by atoms with Crippen LogP contribution in [0, 0.1) is 11.8 Å². The third-order valence-corrected chi connectivity index (χ3v) is 5.41. The number of hydroxylamine groups is 2. The number of nitrogens with zero attached hydrogens (tertiary/aromatic N) is 2. The highest BCUT2D eigenvalue weighted by molar-refractivity contribution is 7.84. The van der Waals surface area contributed by atoms with Crippen molar-refractivity contribution in [2.24, 2.45) is 11.8 Å². The largest absolute Gasteiger partial charge is 0.336 e. The van der Waals surface area contributed by atoms with Gasteiger partial charge >= 0.3 is 11.9 Å². The van der Waals surface area contributed by atoms with Gasteiger partial charge in [-0.1, -0.05) is 5.06 Å². The second-order valence-corrected chi connectivity index (χ2v) is 7.38. The fraction of sp³-hybridized carbons (Fsp3) is 0.438. The molecule has 0 aromatic rings. The fourth-order valence-corrected chi connectivity index (χ4v) is 3.69. The molecule has 27 heavy (non-hydrogen) atoms. The van der Waals surface area contributed by atoms with Gasteiger partial charge in [-0.2, -0.15) is 0 Å². The lowest BCUT2D eigenvalue weighted by atomic mass is 9.82. The summed E-state index contributed by atoms with van der Waals surface area (Å²) in [6.45, 7) is 0.283. The van der Waals surface area contributed by atoms with E-state index in [1.807, 2.05) is 0 Å². The highest BCUT2D eigenvalue weighted by Gasteiger charge is 2.39. The lowest BCUT2D eigenvalue weighted by Gasteiger charge is -2.29. The normalized spacial score (nSPS) is 26.6. The summed E-state index contributed by atoms with van der Waals surface area (Å²) in [4.78, 5) is 64.2. The number of carbonyl (C=O) groups is 5. The van der Waals surface area contributed by atoms with Crippen molar-refractivity contribution >= 4 is 40.7 Å². The second kappa shape index (κ2) is 7.53. The van der Waals surface area contributed by atoms with E-state index < -0.39 is 39.7 Å². The topological polar surface area (TPSA) is 138 Å². The third kappa shape index (κ3) is 3.88. The molecular formula is C16H16N2O8S. The summed E-state index contributed by atoms with van der Waals surface area (Å²) in [6, 6.07) is 0. The van der Waals surface area contributed by atoms with Gasteiger partial charge in [-0.25, -0.2) is 9.00 Å². The zero-order chi connectivity index (χ0) is 19.7.